The minimum atomic E-state index is -1.05. The van der Waals surface area contributed by atoms with Crippen LogP contribution in [0.15, 0.2) is 12.7 Å². The number of hydrogen-bond acceptors (Lipinski definition) is 3. The van der Waals surface area contributed by atoms with Crippen molar-refractivity contribution in [3.63, 3.8) is 0 Å². The molecule has 0 aromatic heterocycles. The van der Waals surface area contributed by atoms with Crippen molar-refractivity contribution in [2.24, 2.45) is 0 Å². The van der Waals surface area contributed by atoms with Crippen molar-refractivity contribution in [2.75, 3.05) is 6.54 Å². The van der Waals surface area contributed by atoms with Gasteiger partial charge < -0.3 is 22.0 Å². The normalized spacial score (nSPS) is 21.5. The van der Waals surface area contributed by atoms with Crippen LogP contribution >= 0.6 is 0 Å². The van der Waals surface area contributed by atoms with Gasteiger partial charge in [-0.25, -0.2) is 24.4 Å². The first-order valence-electron chi connectivity index (χ1n) is 5.87. The Morgan fingerprint density at radius 3 is 2.42 bits per heavy atom. The Hall–Kier alpha value is -0.386. The Balaban J connectivity index is 0. The third-order valence-electron chi connectivity index (χ3n) is 2.57. The van der Waals surface area contributed by atoms with Gasteiger partial charge >= 0.3 is 5.97 Å². The van der Waals surface area contributed by atoms with E-state index in [0.29, 0.717) is 19.4 Å². The number of aliphatic hydroxyl groups is 1. The second-order valence-corrected chi connectivity index (χ2v) is 4.01. The van der Waals surface area contributed by atoms with Gasteiger partial charge in [-0.15, -0.1) is 0 Å². The average molecular weight is 344 g/mol. The molecule has 1 amide bonds. The summed E-state index contributed by atoms with van der Waals surface area (Å²) in [6.07, 6.45) is 2.18. The molecule has 0 aliphatic carbocycles. The average Bonchev–Trinajstić information content (AvgIpc) is 2.30. The molecule has 1 saturated heterocycles. The molecule has 1 heterocycles. The summed E-state index contributed by atoms with van der Waals surface area (Å²) in [5.74, 6) is -1.24. The minimum absolute atomic E-state index is 0. The zero-order valence-electron chi connectivity index (χ0n) is 11.1. The summed E-state index contributed by atoms with van der Waals surface area (Å²) in [7, 11) is 0. The fraction of sp³-hybridized carbons (Fsp3) is 0.538. The molecule has 0 aromatic carbocycles. The summed E-state index contributed by atoms with van der Waals surface area (Å²) in [5.41, 5.74) is 0. The van der Waals surface area contributed by atoms with Gasteiger partial charge in [0.05, 0.1) is 6.10 Å². The van der Waals surface area contributed by atoms with Crippen molar-refractivity contribution < 1.29 is 52.5 Å². The van der Waals surface area contributed by atoms with Gasteiger partial charge in [-0.05, 0) is 12.8 Å². The van der Waals surface area contributed by atoms with Gasteiger partial charge in [0.2, 0.25) is 5.91 Å². The Bertz CT molecular complexity index is 296. The summed E-state index contributed by atoms with van der Waals surface area (Å²) in [6, 6.07) is -0.882. The van der Waals surface area contributed by atoms with Crippen LogP contribution in [0.25, 0.3) is 0 Å². The maximum Gasteiger partial charge on any atom is 0.326 e. The first kappa shape index (κ1) is 20.9. The topological polar surface area (TPSA) is 77.8 Å². The van der Waals surface area contributed by atoms with Gasteiger partial charge in [-0.1, -0.05) is 0 Å². The Morgan fingerprint density at radius 2 is 2.00 bits per heavy atom. The third-order valence-corrected chi connectivity index (χ3v) is 2.57. The van der Waals surface area contributed by atoms with Crippen LogP contribution in [-0.4, -0.2) is 45.7 Å². The molecule has 1 rings (SSSR count). The minimum Gasteiger partial charge on any atom is -0.480 e. The number of carboxylic acids is 1. The number of carbonyl (C=O) groups excluding carboxylic acids is 1. The molecule has 0 unspecified atom stereocenters. The van der Waals surface area contributed by atoms with Gasteiger partial charge in [0.25, 0.3) is 0 Å². The molecule has 1 aliphatic rings. The first-order valence-corrected chi connectivity index (χ1v) is 5.87. The van der Waals surface area contributed by atoms with E-state index in [2.05, 4.69) is 20.4 Å². The van der Waals surface area contributed by atoms with Crippen LogP contribution in [0.1, 0.15) is 25.7 Å². The van der Waals surface area contributed by atoms with Crippen LogP contribution in [0.4, 0.5) is 0 Å². The van der Waals surface area contributed by atoms with E-state index in [4.69, 9.17) is 5.11 Å². The van der Waals surface area contributed by atoms with Gasteiger partial charge in [-0.2, -0.15) is 6.42 Å². The Labute approximate surface area is 139 Å². The predicted octanol–water partition coefficient (Wildman–Crippen LogP) is 1.04. The summed E-state index contributed by atoms with van der Waals surface area (Å²) < 4.78 is 0. The fourth-order valence-corrected chi connectivity index (χ4v) is 1.77. The molecule has 2 N–H and O–H groups in total. The Kier molecular flexibility index (Phi) is 12.6. The number of amides is 1. The Morgan fingerprint density at radius 1 is 1.47 bits per heavy atom. The van der Waals surface area contributed by atoms with Crippen LogP contribution < -0.4 is 0 Å². The largest absolute Gasteiger partial charge is 0.480 e. The zero-order chi connectivity index (χ0) is 14.1. The van der Waals surface area contributed by atoms with Crippen molar-refractivity contribution in [2.45, 2.75) is 37.8 Å². The maximum atomic E-state index is 11.6. The van der Waals surface area contributed by atoms with Crippen LogP contribution in [0, 0.1) is 13.8 Å². The quantitative estimate of drug-likeness (QED) is 0.750. The van der Waals surface area contributed by atoms with Crippen LogP contribution in [-0.2, 0) is 42.3 Å². The van der Waals surface area contributed by atoms with Gasteiger partial charge in [0.15, 0.2) is 0 Å². The third kappa shape index (κ3) is 7.70. The first-order chi connectivity index (χ1) is 8.47. The van der Waals surface area contributed by atoms with Crippen molar-refractivity contribution in [1.29, 1.82) is 0 Å². The van der Waals surface area contributed by atoms with Crippen LogP contribution in [0.2, 0.25) is 0 Å². The molecule has 1 radical (unpaired) electrons. The van der Waals surface area contributed by atoms with E-state index in [1.807, 2.05) is 0 Å². The van der Waals surface area contributed by atoms with Crippen molar-refractivity contribution in [3.05, 3.63) is 26.5 Å². The maximum absolute atomic E-state index is 11.6. The number of nitrogens with zero attached hydrogens (tertiary/aromatic N) is 1. The molecule has 107 valence electrons. The molecule has 5 nitrogen and oxygen atoms in total. The summed E-state index contributed by atoms with van der Waals surface area (Å²) in [4.78, 5) is 23.8. The number of rotatable bonds is 3. The number of carbonyl (C=O) groups is 2. The number of carboxylic acid groups (broad SMARTS) is 1. The number of likely N-dealkylation sites (tertiary alicyclic amines) is 1. The summed E-state index contributed by atoms with van der Waals surface area (Å²) in [5, 5.41) is 18.3. The standard InChI is InChI=1S/C10H16NO4.C3H5.Y/c1-2-3-9(13)11-5-4-7(12)6-8(11)10(14)15;1-3-2;/h7-8,12H,1-6H2,(H,14,15);3H,1-2H2;/q2*-1;/t7-,8+;;/m1../s1. The van der Waals surface area contributed by atoms with E-state index in [1.54, 1.807) is 0 Å². The summed E-state index contributed by atoms with van der Waals surface area (Å²) in [6.45, 7) is 10.4. The molecular weight excluding hydrogens is 323 g/mol. The number of piperidine rings is 1. The number of aliphatic carboxylic acids is 1. The molecular formula is C13H21NO4Y-2. The van der Waals surface area contributed by atoms with Crippen molar-refractivity contribution >= 4 is 11.9 Å². The molecule has 1 aliphatic heterocycles. The molecule has 0 aromatic rings. The van der Waals surface area contributed by atoms with Crippen LogP contribution in [0.3, 0.4) is 0 Å². The molecule has 1 fully saturated rings. The van der Waals surface area contributed by atoms with E-state index in [9.17, 15) is 14.7 Å². The molecule has 19 heavy (non-hydrogen) atoms. The van der Waals surface area contributed by atoms with E-state index in [1.165, 1.54) is 11.0 Å². The molecule has 0 saturated carbocycles. The summed E-state index contributed by atoms with van der Waals surface area (Å²) >= 11 is 0. The molecule has 6 heteroatoms. The van der Waals surface area contributed by atoms with Crippen molar-refractivity contribution in [3.8, 4) is 0 Å². The number of allylic oxidation sites excluding steroid dienone is 1. The van der Waals surface area contributed by atoms with Gasteiger partial charge in [-0.3, -0.25) is 4.79 Å². The van der Waals surface area contributed by atoms with Crippen LogP contribution in [0.5, 0.6) is 0 Å². The number of aliphatic hydroxyl groups excluding tert-OH is 1. The SMILES string of the molecule is C=C[CH2-].[CH2-]CCC(=O)N1CC[C@@H](O)C[C@H]1C(=O)O.[Y]. The molecule has 2 atom stereocenters. The van der Waals surface area contributed by atoms with Gasteiger partial charge in [0, 0.05) is 45.7 Å². The van der Waals surface area contributed by atoms with E-state index < -0.39 is 18.1 Å². The van der Waals surface area contributed by atoms with E-state index in [0.717, 1.165) is 0 Å². The van der Waals surface area contributed by atoms with Gasteiger partial charge in [0.1, 0.15) is 6.04 Å². The molecule has 0 spiro atoms. The van der Waals surface area contributed by atoms with E-state index >= 15 is 0 Å². The fourth-order valence-electron chi connectivity index (χ4n) is 1.77. The smallest absolute Gasteiger partial charge is 0.326 e. The second kappa shape index (κ2) is 11.4. The monoisotopic (exact) mass is 344 g/mol. The number of hydrogen-bond donors (Lipinski definition) is 2. The molecule has 0 bridgehead atoms. The van der Waals surface area contributed by atoms with Crippen molar-refractivity contribution in [1.82, 2.24) is 4.90 Å². The predicted molar refractivity (Wildman–Crippen MR) is 68.5 cm³/mol. The zero-order valence-corrected chi connectivity index (χ0v) is 14.0. The second-order valence-electron chi connectivity index (χ2n) is 4.01. The van der Waals surface area contributed by atoms with E-state index in [-0.39, 0.29) is 51.5 Å².